The Bertz CT molecular complexity index is 1010. The zero-order valence-corrected chi connectivity index (χ0v) is 18.6. The van der Waals surface area contributed by atoms with Crippen LogP contribution in [0, 0.1) is 6.92 Å². The van der Waals surface area contributed by atoms with Crippen LogP contribution in [-0.4, -0.2) is 47.1 Å². The standard InChI is InChI=1S/C24H30N6O2/c1-18-5-8-20(23(12-18)32-15-22-4-3-11-31-22)14-28-24(25-2)27-13-19-6-9-21(10-7-19)30-17-26-16-29-30/h5-10,12,16-17,22H,3-4,11,13-15H2,1-2H3,(H2,25,27,28). The first-order valence-electron chi connectivity index (χ1n) is 10.9. The summed E-state index contributed by atoms with van der Waals surface area (Å²) in [6.07, 6.45) is 5.58. The largest absolute Gasteiger partial charge is 0.491 e. The highest BCUT2D eigenvalue weighted by Gasteiger charge is 2.17. The Morgan fingerprint density at radius 3 is 2.75 bits per heavy atom. The molecule has 0 amide bonds. The molecule has 8 heteroatoms. The maximum absolute atomic E-state index is 6.10. The second kappa shape index (κ2) is 10.8. The van der Waals surface area contributed by atoms with Crippen molar-refractivity contribution in [3.8, 4) is 11.4 Å². The number of benzene rings is 2. The van der Waals surface area contributed by atoms with Crippen LogP contribution in [0.3, 0.4) is 0 Å². The molecular weight excluding hydrogens is 404 g/mol. The van der Waals surface area contributed by atoms with Crippen molar-refractivity contribution in [3.63, 3.8) is 0 Å². The van der Waals surface area contributed by atoms with Gasteiger partial charge in [0.15, 0.2) is 5.96 Å². The average molecular weight is 435 g/mol. The number of ether oxygens (including phenoxy) is 2. The van der Waals surface area contributed by atoms with Gasteiger partial charge < -0.3 is 20.1 Å². The van der Waals surface area contributed by atoms with E-state index in [1.807, 2.05) is 12.1 Å². The fourth-order valence-corrected chi connectivity index (χ4v) is 3.59. The summed E-state index contributed by atoms with van der Waals surface area (Å²) < 4.78 is 13.5. The summed E-state index contributed by atoms with van der Waals surface area (Å²) in [7, 11) is 1.77. The highest BCUT2D eigenvalue weighted by Crippen LogP contribution is 2.22. The number of nitrogens with one attached hydrogen (secondary N) is 2. The van der Waals surface area contributed by atoms with Gasteiger partial charge in [0.1, 0.15) is 25.0 Å². The van der Waals surface area contributed by atoms with Crippen molar-refractivity contribution >= 4 is 5.96 Å². The van der Waals surface area contributed by atoms with Crippen molar-refractivity contribution in [2.24, 2.45) is 4.99 Å². The van der Waals surface area contributed by atoms with E-state index in [1.54, 1.807) is 18.1 Å². The molecule has 1 aliphatic heterocycles. The quantitative estimate of drug-likeness (QED) is 0.419. The first kappa shape index (κ1) is 21.8. The normalized spacial score (nSPS) is 16.2. The topological polar surface area (TPSA) is 85.6 Å². The van der Waals surface area contributed by atoms with Gasteiger partial charge in [0.25, 0.3) is 0 Å². The Hall–Kier alpha value is -3.39. The molecule has 1 atom stereocenters. The van der Waals surface area contributed by atoms with Crippen LogP contribution in [0.5, 0.6) is 5.75 Å². The lowest BCUT2D eigenvalue weighted by Gasteiger charge is -2.17. The molecule has 0 aliphatic carbocycles. The van der Waals surface area contributed by atoms with Gasteiger partial charge in [-0.3, -0.25) is 4.99 Å². The molecule has 1 aliphatic rings. The molecule has 1 fully saturated rings. The molecule has 2 aromatic carbocycles. The number of nitrogens with zero attached hydrogens (tertiary/aromatic N) is 4. The van der Waals surface area contributed by atoms with Crippen LogP contribution in [0.4, 0.5) is 0 Å². The molecule has 2 N–H and O–H groups in total. The molecule has 2 heterocycles. The molecule has 1 aromatic heterocycles. The predicted molar refractivity (Wildman–Crippen MR) is 124 cm³/mol. The number of hydrogen-bond donors (Lipinski definition) is 2. The zero-order valence-electron chi connectivity index (χ0n) is 18.6. The lowest BCUT2D eigenvalue weighted by molar-refractivity contribution is 0.0676. The molecule has 0 radical (unpaired) electrons. The van der Waals surface area contributed by atoms with E-state index in [9.17, 15) is 0 Å². The molecule has 1 saturated heterocycles. The molecular formula is C24H30N6O2. The van der Waals surface area contributed by atoms with Gasteiger partial charge in [-0.2, -0.15) is 5.10 Å². The highest BCUT2D eigenvalue weighted by molar-refractivity contribution is 5.79. The third-order valence-electron chi connectivity index (χ3n) is 5.42. The van der Waals surface area contributed by atoms with E-state index in [4.69, 9.17) is 9.47 Å². The summed E-state index contributed by atoms with van der Waals surface area (Å²) in [4.78, 5) is 8.32. The van der Waals surface area contributed by atoms with Gasteiger partial charge in [0, 0.05) is 32.3 Å². The third-order valence-corrected chi connectivity index (χ3v) is 5.42. The Labute approximate surface area is 188 Å². The van der Waals surface area contributed by atoms with Crippen LogP contribution in [0.2, 0.25) is 0 Å². The van der Waals surface area contributed by atoms with Crippen LogP contribution in [-0.2, 0) is 17.8 Å². The van der Waals surface area contributed by atoms with Gasteiger partial charge in [-0.25, -0.2) is 9.67 Å². The molecule has 168 valence electrons. The van der Waals surface area contributed by atoms with Crippen molar-refractivity contribution in [2.45, 2.75) is 39.0 Å². The van der Waals surface area contributed by atoms with E-state index >= 15 is 0 Å². The fraction of sp³-hybridized carbons (Fsp3) is 0.375. The van der Waals surface area contributed by atoms with E-state index in [-0.39, 0.29) is 6.10 Å². The monoisotopic (exact) mass is 434 g/mol. The minimum Gasteiger partial charge on any atom is -0.491 e. The van der Waals surface area contributed by atoms with E-state index in [0.717, 1.165) is 48.0 Å². The number of aliphatic imine (C=N–C) groups is 1. The summed E-state index contributed by atoms with van der Waals surface area (Å²) in [6.45, 7) is 4.78. The van der Waals surface area contributed by atoms with Crippen molar-refractivity contribution in [1.82, 2.24) is 25.4 Å². The summed E-state index contributed by atoms with van der Waals surface area (Å²) >= 11 is 0. The number of aromatic nitrogens is 3. The first-order chi connectivity index (χ1) is 15.7. The Morgan fingerprint density at radius 1 is 1.19 bits per heavy atom. The van der Waals surface area contributed by atoms with Crippen LogP contribution in [0.15, 0.2) is 60.1 Å². The van der Waals surface area contributed by atoms with Gasteiger partial charge in [-0.15, -0.1) is 0 Å². The second-order valence-electron chi connectivity index (χ2n) is 7.84. The van der Waals surface area contributed by atoms with E-state index in [1.165, 1.54) is 11.9 Å². The lowest BCUT2D eigenvalue weighted by atomic mass is 10.1. The molecule has 32 heavy (non-hydrogen) atoms. The van der Waals surface area contributed by atoms with E-state index in [0.29, 0.717) is 19.7 Å². The average Bonchev–Trinajstić information content (AvgIpc) is 3.54. The summed E-state index contributed by atoms with van der Waals surface area (Å²) in [6, 6.07) is 14.4. The van der Waals surface area contributed by atoms with Gasteiger partial charge in [0.05, 0.1) is 11.8 Å². The maximum atomic E-state index is 6.10. The molecule has 0 bridgehead atoms. The highest BCUT2D eigenvalue weighted by atomic mass is 16.5. The minimum absolute atomic E-state index is 0.196. The Kier molecular flexibility index (Phi) is 7.34. The van der Waals surface area contributed by atoms with Crippen LogP contribution in [0.1, 0.15) is 29.5 Å². The number of guanidine groups is 1. The Balaban J connectivity index is 1.30. The smallest absolute Gasteiger partial charge is 0.191 e. The molecule has 4 rings (SSSR count). The van der Waals surface area contributed by atoms with Gasteiger partial charge in [-0.1, -0.05) is 24.3 Å². The summed E-state index contributed by atoms with van der Waals surface area (Å²) in [5, 5.41) is 10.9. The van der Waals surface area contributed by atoms with Crippen molar-refractivity contribution in [1.29, 1.82) is 0 Å². The fourth-order valence-electron chi connectivity index (χ4n) is 3.59. The van der Waals surface area contributed by atoms with Crippen LogP contribution >= 0.6 is 0 Å². The van der Waals surface area contributed by atoms with Crippen molar-refractivity contribution < 1.29 is 9.47 Å². The van der Waals surface area contributed by atoms with Gasteiger partial charge >= 0.3 is 0 Å². The second-order valence-corrected chi connectivity index (χ2v) is 7.84. The summed E-state index contributed by atoms with van der Waals surface area (Å²) in [5.41, 5.74) is 4.39. The summed E-state index contributed by atoms with van der Waals surface area (Å²) in [5.74, 6) is 1.63. The Morgan fingerprint density at radius 2 is 2.03 bits per heavy atom. The zero-order chi connectivity index (χ0) is 22.2. The molecule has 0 saturated carbocycles. The van der Waals surface area contributed by atoms with E-state index < -0.39 is 0 Å². The number of hydrogen-bond acceptors (Lipinski definition) is 5. The van der Waals surface area contributed by atoms with Gasteiger partial charge in [-0.05, 0) is 49.1 Å². The van der Waals surface area contributed by atoms with Crippen LogP contribution in [0.25, 0.3) is 5.69 Å². The van der Waals surface area contributed by atoms with Crippen molar-refractivity contribution in [3.05, 3.63) is 71.8 Å². The minimum atomic E-state index is 0.196. The van der Waals surface area contributed by atoms with Crippen molar-refractivity contribution in [2.75, 3.05) is 20.3 Å². The number of aryl methyl sites for hydroxylation is 1. The molecule has 3 aromatic rings. The molecule has 0 spiro atoms. The third kappa shape index (κ3) is 5.85. The van der Waals surface area contributed by atoms with E-state index in [2.05, 4.69) is 63.0 Å². The SMILES string of the molecule is CN=C(NCc1ccc(-n2cncn2)cc1)NCc1ccc(C)cc1OCC1CCCO1. The predicted octanol–water partition coefficient (Wildman–Crippen LogP) is 3.00. The first-order valence-corrected chi connectivity index (χ1v) is 10.9. The van der Waals surface area contributed by atoms with Gasteiger partial charge in [0.2, 0.25) is 0 Å². The van der Waals surface area contributed by atoms with Crippen LogP contribution < -0.4 is 15.4 Å². The number of rotatable bonds is 8. The molecule has 8 nitrogen and oxygen atoms in total. The maximum Gasteiger partial charge on any atom is 0.191 e. The molecule has 1 unspecified atom stereocenters. The lowest BCUT2D eigenvalue weighted by Crippen LogP contribution is -2.36.